The van der Waals surface area contributed by atoms with E-state index in [0.29, 0.717) is 18.3 Å². The van der Waals surface area contributed by atoms with Gasteiger partial charge < -0.3 is 10.2 Å². The number of hydrogen-bond donors (Lipinski definition) is 2. The number of nitrogens with zero attached hydrogens (tertiary/aromatic N) is 2. The number of nitrogens with one attached hydrogen (secondary N) is 1. The zero-order valence-corrected chi connectivity index (χ0v) is 11.9. The molecule has 0 amide bonds. The molecule has 0 saturated heterocycles. The van der Waals surface area contributed by atoms with Crippen molar-refractivity contribution in [2.75, 3.05) is 12.0 Å². The van der Waals surface area contributed by atoms with Crippen LogP contribution in [-0.4, -0.2) is 16.6 Å². The fourth-order valence-electron chi connectivity index (χ4n) is 2.83. The van der Waals surface area contributed by atoms with E-state index in [4.69, 9.17) is 10.6 Å². The molecule has 106 valence electrons. The number of nitrogen functional groups attached to an aromatic ring is 1. The summed E-state index contributed by atoms with van der Waals surface area (Å²) in [7, 11) is 0. The topological polar surface area (TPSA) is 73.1 Å². The number of aromatic nitrogens is 2. The third kappa shape index (κ3) is 3.64. The molecular formula is C14H24N4O. The molecule has 5 heteroatoms. The lowest BCUT2D eigenvalue weighted by Gasteiger charge is -2.29. The summed E-state index contributed by atoms with van der Waals surface area (Å²) >= 11 is 0. The number of anilines is 1. The maximum Gasteiger partial charge on any atom is 0.160 e. The molecule has 19 heavy (non-hydrogen) atoms. The zero-order valence-electron chi connectivity index (χ0n) is 11.9. The third-order valence-corrected chi connectivity index (χ3v) is 3.70. The van der Waals surface area contributed by atoms with Crippen LogP contribution in [0.4, 0.5) is 5.82 Å². The van der Waals surface area contributed by atoms with Gasteiger partial charge in [-0.15, -0.1) is 0 Å². The average Bonchev–Trinajstić information content (AvgIpc) is 2.45. The predicted octanol–water partition coefficient (Wildman–Crippen LogP) is 2.73. The molecule has 0 spiro atoms. The molecule has 0 radical (unpaired) electrons. The molecule has 0 bridgehead atoms. The Morgan fingerprint density at radius 3 is 2.74 bits per heavy atom. The number of rotatable bonds is 5. The first-order chi connectivity index (χ1) is 9.24. The number of ether oxygens (including phenoxy) is 1. The van der Waals surface area contributed by atoms with E-state index in [1.807, 2.05) is 19.9 Å². The first kappa shape index (κ1) is 14.2. The summed E-state index contributed by atoms with van der Waals surface area (Å²) in [4.78, 5) is 9.02. The molecule has 1 unspecified atom stereocenters. The summed E-state index contributed by atoms with van der Waals surface area (Å²) in [6, 6.07) is 1.84. The van der Waals surface area contributed by atoms with Crippen LogP contribution in [0.5, 0.6) is 0 Å². The summed E-state index contributed by atoms with van der Waals surface area (Å²) in [6.07, 6.45) is 6.29. The second-order valence-electron chi connectivity index (χ2n) is 5.17. The van der Waals surface area contributed by atoms with Gasteiger partial charge in [0.15, 0.2) is 5.82 Å². The highest BCUT2D eigenvalue weighted by atomic mass is 16.5. The highest BCUT2D eigenvalue weighted by Crippen LogP contribution is 2.35. The molecular weight excluding hydrogens is 240 g/mol. The SMILES string of the molecule is CCOC(c1nc(C)cc(NN)n1)C1CCCCC1. The average molecular weight is 264 g/mol. The Labute approximate surface area is 114 Å². The number of hydrogen-bond acceptors (Lipinski definition) is 5. The first-order valence-corrected chi connectivity index (χ1v) is 7.18. The van der Waals surface area contributed by atoms with Crippen LogP contribution in [0.1, 0.15) is 56.7 Å². The van der Waals surface area contributed by atoms with Gasteiger partial charge in [-0.1, -0.05) is 19.3 Å². The fraction of sp³-hybridized carbons (Fsp3) is 0.714. The molecule has 1 aliphatic rings. The van der Waals surface area contributed by atoms with Crippen LogP contribution in [0.25, 0.3) is 0 Å². The van der Waals surface area contributed by atoms with Gasteiger partial charge >= 0.3 is 0 Å². The maximum absolute atomic E-state index is 5.93. The van der Waals surface area contributed by atoms with Gasteiger partial charge in [0.2, 0.25) is 0 Å². The van der Waals surface area contributed by atoms with Crippen molar-refractivity contribution in [1.82, 2.24) is 9.97 Å². The van der Waals surface area contributed by atoms with Crippen molar-refractivity contribution in [1.29, 1.82) is 0 Å². The van der Waals surface area contributed by atoms with Crippen LogP contribution in [0.3, 0.4) is 0 Å². The standard InChI is InChI=1S/C14H24N4O/c1-3-19-13(11-7-5-4-6-8-11)14-16-10(2)9-12(17-14)18-15/h9,11,13H,3-8,15H2,1-2H3,(H,16,17,18). The highest BCUT2D eigenvalue weighted by Gasteiger charge is 2.28. The zero-order chi connectivity index (χ0) is 13.7. The Bertz CT molecular complexity index is 404. The van der Waals surface area contributed by atoms with Crippen molar-refractivity contribution in [3.8, 4) is 0 Å². The lowest BCUT2D eigenvalue weighted by molar-refractivity contribution is -0.000194. The van der Waals surface area contributed by atoms with E-state index in [-0.39, 0.29) is 6.10 Å². The van der Waals surface area contributed by atoms with Crippen LogP contribution in [0.15, 0.2) is 6.07 Å². The molecule has 1 saturated carbocycles. The minimum Gasteiger partial charge on any atom is -0.370 e. The first-order valence-electron chi connectivity index (χ1n) is 7.18. The lowest BCUT2D eigenvalue weighted by atomic mass is 9.85. The molecule has 2 rings (SSSR count). The Morgan fingerprint density at radius 1 is 1.37 bits per heavy atom. The molecule has 0 aromatic carbocycles. The van der Waals surface area contributed by atoms with E-state index in [1.54, 1.807) is 0 Å². The van der Waals surface area contributed by atoms with Gasteiger partial charge in [-0.05, 0) is 32.6 Å². The largest absolute Gasteiger partial charge is 0.370 e. The van der Waals surface area contributed by atoms with Gasteiger partial charge in [-0.25, -0.2) is 15.8 Å². The van der Waals surface area contributed by atoms with Gasteiger partial charge in [0.1, 0.15) is 11.9 Å². The number of aryl methyl sites for hydroxylation is 1. The second kappa shape index (κ2) is 6.82. The summed E-state index contributed by atoms with van der Waals surface area (Å²) in [5, 5.41) is 0. The van der Waals surface area contributed by atoms with Gasteiger partial charge in [-0.3, -0.25) is 0 Å². The quantitative estimate of drug-likeness (QED) is 0.632. The van der Waals surface area contributed by atoms with Crippen molar-refractivity contribution in [3.63, 3.8) is 0 Å². The Kier molecular flexibility index (Phi) is 5.10. The molecule has 5 nitrogen and oxygen atoms in total. The highest BCUT2D eigenvalue weighted by molar-refractivity contribution is 5.34. The van der Waals surface area contributed by atoms with Crippen LogP contribution in [0, 0.1) is 12.8 Å². The summed E-state index contributed by atoms with van der Waals surface area (Å²) in [5.41, 5.74) is 3.52. The Hall–Kier alpha value is -1.20. The van der Waals surface area contributed by atoms with Crippen molar-refractivity contribution < 1.29 is 4.74 Å². The van der Waals surface area contributed by atoms with E-state index in [9.17, 15) is 0 Å². The van der Waals surface area contributed by atoms with Gasteiger partial charge in [0.25, 0.3) is 0 Å². The molecule has 1 atom stereocenters. The minimum absolute atomic E-state index is 0.00250. The lowest BCUT2D eigenvalue weighted by Crippen LogP contribution is -2.22. The van der Waals surface area contributed by atoms with Gasteiger partial charge in [-0.2, -0.15) is 0 Å². The summed E-state index contributed by atoms with van der Waals surface area (Å²) in [5.74, 6) is 7.41. The van der Waals surface area contributed by atoms with E-state index in [1.165, 1.54) is 32.1 Å². The minimum atomic E-state index is -0.00250. The fourth-order valence-corrected chi connectivity index (χ4v) is 2.83. The Morgan fingerprint density at radius 2 is 2.11 bits per heavy atom. The predicted molar refractivity (Wildman–Crippen MR) is 75.5 cm³/mol. The number of hydrazine groups is 1. The van der Waals surface area contributed by atoms with Crippen LogP contribution < -0.4 is 11.3 Å². The summed E-state index contributed by atoms with van der Waals surface area (Å²) < 4.78 is 5.93. The van der Waals surface area contributed by atoms with E-state index in [0.717, 1.165) is 11.5 Å². The summed E-state index contributed by atoms with van der Waals surface area (Å²) in [6.45, 7) is 4.66. The molecule has 0 aliphatic heterocycles. The monoisotopic (exact) mass is 264 g/mol. The molecule has 1 fully saturated rings. The smallest absolute Gasteiger partial charge is 0.160 e. The van der Waals surface area contributed by atoms with Crippen molar-refractivity contribution in [3.05, 3.63) is 17.6 Å². The van der Waals surface area contributed by atoms with E-state index >= 15 is 0 Å². The van der Waals surface area contributed by atoms with Crippen LogP contribution in [-0.2, 0) is 4.74 Å². The molecule has 3 N–H and O–H groups in total. The molecule has 1 aromatic heterocycles. The third-order valence-electron chi connectivity index (χ3n) is 3.70. The van der Waals surface area contributed by atoms with Crippen molar-refractivity contribution in [2.24, 2.45) is 11.8 Å². The Balaban J connectivity index is 2.24. The van der Waals surface area contributed by atoms with E-state index in [2.05, 4.69) is 15.4 Å². The van der Waals surface area contributed by atoms with Gasteiger partial charge in [0, 0.05) is 18.4 Å². The van der Waals surface area contributed by atoms with Crippen molar-refractivity contribution in [2.45, 2.75) is 52.1 Å². The normalized spacial score (nSPS) is 18.3. The van der Waals surface area contributed by atoms with Crippen LogP contribution in [0.2, 0.25) is 0 Å². The molecule has 1 heterocycles. The van der Waals surface area contributed by atoms with Gasteiger partial charge in [0.05, 0.1) is 0 Å². The second-order valence-corrected chi connectivity index (χ2v) is 5.17. The van der Waals surface area contributed by atoms with Crippen molar-refractivity contribution >= 4 is 5.82 Å². The van der Waals surface area contributed by atoms with E-state index < -0.39 is 0 Å². The van der Waals surface area contributed by atoms with Crippen LogP contribution >= 0.6 is 0 Å². The number of nitrogens with two attached hydrogens (primary N) is 1. The maximum atomic E-state index is 5.93. The molecule has 1 aliphatic carbocycles. The molecule has 1 aromatic rings.